The SMILES string of the molecule is O=C(CCCCC(=O)Nc1cccc2c(=S)c3ccccc3[nH]c12)Nc1cccc2c(=S)c3ccccc3[nH]c12. The first-order chi connectivity index (χ1) is 19.5. The molecule has 0 aliphatic rings. The fourth-order valence-electron chi connectivity index (χ4n) is 5.10. The summed E-state index contributed by atoms with van der Waals surface area (Å²) in [5.41, 5.74) is 4.85. The Hall–Kier alpha value is -4.40. The number of hydrogen-bond donors (Lipinski definition) is 4. The van der Waals surface area contributed by atoms with E-state index in [1.165, 1.54) is 0 Å². The van der Waals surface area contributed by atoms with Gasteiger partial charge in [-0.15, -0.1) is 0 Å². The van der Waals surface area contributed by atoms with Gasteiger partial charge in [-0.05, 0) is 37.1 Å². The van der Waals surface area contributed by atoms with Gasteiger partial charge in [0.05, 0.1) is 31.4 Å². The van der Waals surface area contributed by atoms with Crippen LogP contribution in [0.5, 0.6) is 0 Å². The predicted molar refractivity (Wildman–Crippen MR) is 169 cm³/mol. The molecule has 4 aromatic carbocycles. The van der Waals surface area contributed by atoms with Crippen molar-refractivity contribution in [3.63, 3.8) is 0 Å². The summed E-state index contributed by atoms with van der Waals surface area (Å²) in [5.74, 6) is -0.206. The van der Waals surface area contributed by atoms with Crippen molar-refractivity contribution in [1.82, 2.24) is 9.97 Å². The number of unbranched alkanes of at least 4 members (excludes halogenated alkanes) is 1. The normalized spacial score (nSPS) is 11.3. The second kappa shape index (κ2) is 11.0. The molecule has 2 aromatic heterocycles. The number of aromatic nitrogens is 2. The largest absolute Gasteiger partial charge is 0.353 e. The maximum absolute atomic E-state index is 12.8. The van der Waals surface area contributed by atoms with Crippen LogP contribution in [0.3, 0.4) is 0 Å². The Bertz CT molecular complexity index is 1910. The van der Waals surface area contributed by atoms with Crippen molar-refractivity contribution in [1.29, 1.82) is 0 Å². The highest BCUT2D eigenvalue weighted by atomic mass is 32.1. The fourth-order valence-corrected chi connectivity index (χ4v) is 5.79. The van der Waals surface area contributed by atoms with E-state index in [0.29, 0.717) is 37.1 Å². The summed E-state index contributed by atoms with van der Waals surface area (Å²) in [6.07, 6.45) is 1.80. The molecule has 0 bridgehead atoms. The standard InChI is InChI=1S/C32H26N4O2S2/c37-27(33-25-15-7-11-21-29(25)35-23-13-3-1-9-19(23)31(21)39)17-5-6-18-28(38)34-26-16-8-12-22-30(26)36-24-14-4-2-10-20(24)32(22)40/h1-4,7-16H,5-6,17-18H2,(H,33,37)(H,34,38)(H,35,39)(H,36,40). The number of amides is 2. The molecule has 6 aromatic rings. The van der Waals surface area contributed by atoms with E-state index in [1.54, 1.807) is 0 Å². The fraction of sp³-hybridized carbons (Fsp3) is 0.125. The van der Waals surface area contributed by atoms with Crippen LogP contribution in [0.15, 0.2) is 84.9 Å². The van der Waals surface area contributed by atoms with E-state index >= 15 is 0 Å². The topological polar surface area (TPSA) is 89.8 Å². The molecule has 2 heterocycles. The van der Waals surface area contributed by atoms with Crippen LogP contribution in [0.4, 0.5) is 11.4 Å². The summed E-state index contributed by atoms with van der Waals surface area (Å²) in [5, 5.41) is 9.77. The molecule has 0 aliphatic heterocycles. The maximum atomic E-state index is 12.8. The summed E-state index contributed by atoms with van der Waals surface area (Å²) in [6.45, 7) is 0. The van der Waals surface area contributed by atoms with E-state index in [-0.39, 0.29) is 11.8 Å². The third kappa shape index (κ3) is 4.99. The van der Waals surface area contributed by atoms with Crippen LogP contribution in [-0.4, -0.2) is 21.8 Å². The van der Waals surface area contributed by atoms with Crippen molar-refractivity contribution in [2.75, 3.05) is 10.6 Å². The summed E-state index contributed by atoms with van der Waals surface area (Å²) in [7, 11) is 0. The minimum Gasteiger partial charge on any atom is -0.353 e. The Morgan fingerprint density at radius 2 is 0.950 bits per heavy atom. The summed E-state index contributed by atoms with van der Waals surface area (Å²) in [6, 6.07) is 27.2. The number of hydrogen-bond acceptors (Lipinski definition) is 4. The van der Waals surface area contributed by atoms with Crippen molar-refractivity contribution in [3.8, 4) is 0 Å². The third-order valence-electron chi connectivity index (χ3n) is 7.09. The number of carbonyl (C=O) groups excluding carboxylic acids is 2. The number of rotatable bonds is 7. The van der Waals surface area contributed by atoms with Gasteiger partial charge in [0, 0.05) is 45.4 Å². The lowest BCUT2D eigenvalue weighted by molar-refractivity contribution is -0.118. The molecular weight excluding hydrogens is 537 g/mol. The number of anilines is 2. The zero-order valence-corrected chi connectivity index (χ0v) is 23.2. The molecule has 0 aliphatic carbocycles. The van der Waals surface area contributed by atoms with Gasteiger partial charge in [0.2, 0.25) is 11.8 Å². The molecule has 0 saturated carbocycles. The first kappa shape index (κ1) is 25.9. The number of nitrogens with one attached hydrogen (secondary N) is 4. The van der Waals surface area contributed by atoms with Gasteiger partial charge >= 0.3 is 0 Å². The second-order valence-corrected chi connectivity index (χ2v) is 10.6. The summed E-state index contributed by atoms with van der Waals surface area (Å²) in [4.78, 5) is 32.3. The minimum atomic E-state index is -0.103. The molecule has 0 spiro atoms. The number of H-pyrrole nitrogens is 2. The molecule has 0 atom stereocenters. The molecule has 198 valence electrons. The van der Waals surface area contributed by atoms with Crippen LogP contribution < -0.4 is 10.6 Å². The second-order valence-electron chi connectivity index (χ2n) is 9.76. The Morgan fingerprint density at radius 1 is 0.550 bits per heavy atom. The lowest BCUT2D eigenvalue weighted by Crippen LogP contribution is -2.14. The van der Waals surface area contributed by atoms with Crippen LogP contribution >= 0.6 is 24.4 Å². The highest BCUT2D eigenvalue weighted by Gasteiger charge is 2.12. The van der Waals surface area contributed by atoms with Gasteiger partial charge in [0.25, 0.3) is 0 Å². The Balaban J connectivity index is 1.08. The molecule has 40 heavy (non-hydrogen) atoms. The molecule has 0 radical (unpaired) electrons. The maximum Gasteiger partial charge on any atom is 0.224 e. The number of benzene rings is 4. The predicted octanol–water partition coefficient (Wildman–Crippen LogP) is 8.55. The van der Waals surface area contributed by atoms with Crippen LogP contribution in [0.25, 0.3) is 43.6 Å². The van der Waals surface area contributed by atoms with E-state index in [2.05, 4.69) is 20.6 Å². The summed E-state index contributed by atoms with van der Waals surface area (Å²) < 4.78 is 1.51. The lowest BCUT2D eigenvalue weighted by atomic mass is 10.1. The van der Waals surface area contributed by atoms with Gasteiger partial charge in [-0.1, -0.05) is 85.1 Å². The van der Waals surface area contributed by atoms with Gasteiger partial charge in [-0.2, -0.15) is 0 Å². The van der Waals surface area contributed by atoms with Gasteiger partial charge in [-0.3, -0.25) is 9.59 Å². The molecule has 2 amide bonds. The van der Waals surface area contributed by atoms with Gasteiger partial charge in [0.15, 0.2) is 0 Å². The zero-order chi connectivity index (χ0) is 27.6. The van der Waals surface area contributed by atoms with Crippen molar-refractivity contribution >= 4 is 91.2 Å². The summed E-state index contributed by atoms with van der Waals surface area (Å²) >= 11 is 11.4. The molecule has 8 heteroatoms. The Labute approximate surface area is 240 Å². The zero-order valence-electron chi connectivity index (χ0n) is 21.5. The molecule has 0 fully saturated rings. The van der Waals surface area contributed by atoms with E-state index in [9.17, 15) is 9.59 Å². The Morgan fingerprint density at radius 3 is 1.40 bits per heavy atom. The highest BCUT2D eigenvalue weighted by Crippen LogP contribution is 2.29. The molecular formula is C32H26N4O2S2. The van der Waals surface area contributed by atoms with Gasteiger partial charge in [0.1, 0.15) is 0 Å². The van der Waals surface area contributed by atoms with Crippen LogP contribution in [0, 0.1) is 9.02 Å². The van der Waals surface area contributed by atoms with Crippen molar-refractivity contribution in [2.24, 2.45) is 0 Å². The van der Waals surface area contributed by atoms with E-state index in [1.807, 2.05) is 84.9 Å². The molecule has 6 nitrogen and oxygen atoms in total. The molecule has 0 saturated heterocycles. The van der Waals surface area contributed by atoms with Crippen LogP contribution in [0.2, 0.25) is 0 Å². The molecule has 4 N–H and O–H groups in total. The minimum absolute atomic E-state index is 0.103. The number of para-hydroxylation sites is 4. The lowest BCUT2D eigenvalue weighted by Gasteiger charge is -2.11. The van der Waals surface area contributed by atoms with Crippen molar-refractivity contribution in [2.45, 2.75) is 25.7 Å². The average molecular weight is 563 g/mol. The number of fused-ring (bicyclic) bond motifs is 4. The van der Waals surface area contributed by atoms with E-state index < -0.39 is 0 Å². The molecule has 0 unspecified atom stereocenters. The van der Waals surface area contributed by atoms with Crippen LogP contribution in [-0.2, 0) is 9.59 Å². The number of aromatic amines is 2. The third-order valence-corrected chi connectivity index (χ3v) is 7.97. The smallest absolute Gasteiger partial charge is 0.224 e. The van der Waals surface area contributed by atoms with Crippen LogP contribution in [0.1, 0.15) is 25.7 Å². The first-order valence-corrected chi connectivity index (χ1v) is 14.0. The molecule has 6 rings (SSSR count). The van der Waals surface area contributed by atoms with Crippen molar-refractivity contribution in [3.05, 3.63) is 93.9 Å². The Kier molecular flexibility index (Phi) is 7.11. The monoisotopic (exact) mass is 562 g/mol. The van der Waals surface area contributed by atoms with Gasteiger partial charge in [-0.25, -0.2) is 0 Å². The van der Waals surface area contributed by atoms with Crippen molar-refractivity contribution < 1.29 is 9.59 Å². The number of pyridine rings is 2. The average Bonchev–Trinajstić information content (AvgIpc) is 2.97. The number of carbonyl (C=O) groups is 2. The first-order valence-electron chi connectivity index (χ1n) is 13.2. The van der Waals surface area contributed by atoms with Gasteiger partial charge < -0.3 is 20.6 Å². The van der Waals surface area contributed by atoms with E-state index in [0.717, 1.165) is 52.6 Å². The quantitative estimate of drug-likeness (QED) is 0.0891. The van der Waals surface area contributed by atoms with E-state index in [4.69, 9.17) is 24.4 Å². The highest BCUT2D eigenvalue weighted by molar-refractivity contribution is 7.72.